The lowest BCUT2D eigenvalue weighted by atomic mass is 10.1. The van der Waals surface area contributed by atoms with Crippen LogP contribution in [0.3, 0.4) is 0 Å². The number of nitrogens with zero attached hydrogens (tertiary/aromatic N) is 1. The van der Waals surface area contributed by atoms with Gasteiger partial charge in [0.15, 0.2) is 6.10 Å². The summed E-state index contributed by atoms with van der Waals surface area (Å²) in [7, 11) is 0. The molecule has 3 aromatic carbocycles. The van der Waals surface area contributed by atoms with Crippen LogP contribution in [-0.4, -0.2) is 31.1 Å². The van der Waals surface area contributed by atoms with Crippen molar-refractivity contribution in [3.63, 3.8) is 0 Å². The molecule has 1 aliphatic rings. The molecule has 0 aromatic heterocycles. The first kappa shape index (κ1) is 20.5. The molecule has 0 saturated carbocycles. The number of carbonyl (C=O) groups is 2. The van der Waals surface area contributed by atoms with Gasteiger partial charge in [0.1, 0.15) is 18.1 Å². The van der Waals surface area contributed by atoms with E-state index in [2.05, 4.69) is 5.32 Å². The molecule has 0 saturated heterocycles. The number of benzene rings is 3. The van der Waals surface area contributed by atoms with Gasteiger partial charge in [-0.15, -0.1) is 0 Å². The van der Waals surface area contributed by atoms with Crippen molar-refractivity contribution in [1.29, 1.82) is 0 Å². The van der Waals surface area contributed by atoms with E-state index in [1.807, 2.05) is 55.5 Å². The van der Waals surface area contributed by atoms with Gasteiger partial charge >= 0.3 is 0 Å². The summed E-state index contributed by atoms with van der Waals surface area (Å²) >= 11 is 0. The van der Waals surface area contributed by atoms with Gasteiger partial charge in [0.2, 0.25) is 0 Å². The summed E-state index contributed by atoms with van der Waals surface area (Å²) in [6, 6.07) is 22.2. The second-order valence-corrected chi connectivity index (χ2v) is 7.36. The molecule has 6 nitrogen and oxygen atoms in total. The summed E-state index contributed by atoms with van der Waals surface area (Å²) in [4.78, 5) is 27.1. The number of ether oxygens (including phenoxy) is 2. The number of para-hydroxylation sites is 1. The molecule has 0 aliphatic carbocycles. The second-order valence-electron chi connectivity index (χ2n) is 7.36. The van der Waals surface area contributed by atoms with E-state index in [-0.39, 0.29) is 11.8 Å². The quantitative estimate of drug-likeness (QED) is 0.645. The highest BCUT2D eigenvalue weighted by atomic mass is 16.5. The number of nitrogens with one attached hydrogen (secondary N) is 1. The van der Waals surface area contributed by atoms with E-state index in [0.717, 1.165) is 11.3 Å². The minimum absolute atomic E-state index is 0.147. The first-order valence-electron chi connectivity index (χ1n) is 10.2. The topological polar surface area (TPSA) is 67.9 Å². The highest BCUT2D eigenvalue weighted by Crippen LogP contribution is 2.36. The maximum Gasteiger partial charge on any atom is 0.267 e. The largest absolute Gasteiger partial charge is 0.492 e. The number of amides is 2. The third-order valence-electron chi connectivity index (χ3n) is 5.14. The minimum atomic E-state index is -0.586. The zero-order valence-corrected chi connectivity index (χ0v) is 17.5. The molecular weight excluding hydrogens is 392 g/mol. The van der Waals surface area contributed by atoms with Crippen LogP contribution in [0.1, 0.15) is 22.8 Å². The molecule has 4 rings (SSSR count). The van der Waals surface area contributed by atoms with Crippen LogP contribution in [0, 0.1) is 6.92 Å². The molecule has 0 fully saturated rings. The number of anilines is 2. The Morgan fingerprint density at radius 2 is 1.81 bits per heavy atom. The molecule has 1 atom stereocenters. The van der Waals surface area contributed by atoms with Gasteiger partial charge in [-0.25, -0.2) is 0 Å². The van der Waals surface area contributed by atoms with Gasteiger partial charge in [-0.05, 0) is 55.8 Å². The third-order valence-corrected chi connectivity index (χ3v) is 5.14. The lowest BCUT2D eigenvalue weighted by molar-refractivity contribution is -0.125. The minimum Gasteiger partial charge on any atom is -0.492 e. The normalized spacial score (nSPS) is 15.1. The number of rotatable bonds is 6. The molecule has 1 N–H and O–H groups in total. The highest BCUT2D eigenvalue weighted by Gasteiger charge is 2.31. The molecule has 31 heavy (non-hydrogen) atoms. The monoisotopic (exact) mass is 416 g/mol. The van der Waals surface area contributed by atoms with Crippen LogP contribution in [0.25, 0.3) is 0 Å². The predicted molar refractivity (Wildman–Crippen MR) is 120 cm³/mol. The van der Waals surface area contributed by atoms with Crippen LogP contribution >= 0.6 is 0 Å². The van der Waals surface area contributed by atoms with E-state index in [9.17, 15) is 9.59 Å². The summed E-state index contributed by atoms with van der Waals surface area (Å²) in [5, 5.41) is 2.91. The zero-order chi connectivity index (χ0) is 21.8. The first-order chi connectivity index (χ1) is 15.0. The summed E-state index contributed by atoms with van der Waals surface area (Å²) in [6.45, 7) is 4.32. The van der Waals surface area contributed by atoms with Crippen LogP contribution in [0.15, 0.2) is 72.8 Å². The van der Waals surface area contributed by atoms with E-state index in [1.54, 1.807) is 36.1 Å². The van der Waals surface area contributed by atoms with E-state index >= 15 is 0 Å². The van der Waals surface area contributed by atoms with Gasteiger partial charge in [0, 0.05) is 11.3 Å². The molecule has 158 valence electrons. The van der Waals surface area contributed by atoms with Gasteiger partial charge in [0.25, 0.3) is 11.8 Å². The van der Waals surface area contributed by atoms with E-state index < -0.39 is 6.10 Å². The SMILES string of the molecule is Cc1ccccc1C(=O)Nc1ccc2c(c1)N(CCOc1ccccc1)C(=O)C(C)O2. The fourth-order valence-electron chi connectivity index (χ4n) is 3.51. The molecule has 6 heteroatoms. The van der Waals surface area contributed by atoms with Crippen LogP contribution in [-0.2, 0) is 4.79 Å². The lowest BCUT2D eigenvalue weighted by Gasteiger charge is -2.33. The highest BCUT2D eigenvalue weighted by molar-refractivity contribution is 6.06. The standard InChI is InChI=1S/C25H24N2O4/c1-17-8-6-7-11-21(17)24(28)26-19-12-13-23-22(16-19)27(25(29)18(2)31-23)14-15-30-20-9-4-3-5-10-20/h3-13,16,18H,14-15H2,1-2H3,(H,26,28). The second kappa shape index (κ2) is 8.92. The number of aryl methyl sites for hydroxylation is 1. The van der Waals surface area contributed by atoms with Gasteiger partial charge < -0.3 is 19.7 Å². The molecule has 1 aliphatic heterocycles. The van der Waals surface area contributed by atoms with E-state index in [0.29, 0.717) is 35.8 Å². The van der Waals surface area contributed by atoms with Gasteiger partial charge in [-0.2, -0.15) is 0 Å². The first-order valence-corrected chi connectivity index (χ1v) is 10.2. The number of hydrogen-bond donors (Lipinski definition) is 1. The zero-order valence-electron chi connectivity index (χ0n) is 17.5. The fourth-order valence-corrected chi connectivity index (χ4v) is 3.51. The van der Waals surface area contributed by atoms with Crippen molar-refractivity contribution in [1.82, 2.24) is 0 Å². The Morgan fingerprint density at radius 3 is 2.58 bits per heavy atom. The Bertz CT molecular complexity index is 1100. The third kappa shape index (κ3) is 4.53. The fraction of sp³-hybridized carbons (Fsp3) is 0.200. The Morgan fingerprint density at radius 1 is 1.06 bits per heavy atom. The Balaban J connectivity index is 1.53. The van der Waals surface area contributed by atoms with Crippen molar-refractivity contribution in [2.24, 2.45) is 0 Å². The average Bonchev–Trinajstić information content (AvgIpc) is 2.78. The van der Waals surface area contributed by atoms with Crippen LogP contribution in [0.5, 0.6) is 11.5 Å². The maximum absolute atomic E-state index is 12.8. The Hall–Kier alpha value is -3.80. The van der Waals surface area contributed by atoms with Gasteiger partial charge in [-0.3, -0.25) is 9.59 Å². The number of fused-ring (bicyclic) bond motifs is 1. The summed E-state index contributed by atoms with van der Waals surface area (Å²) < 4.78 is 11.5. The van der Waals surface area contributed by atoms with Crippen molar-refractivity contribution < 1.29 is 19.1 Å². The molecule has 0 spiro atoms. The molecule has 0 radical (unpaired) electrons. The van der Waals surface area contributed by atoms with Gasteiger partial charge in [-0.1, -0.05) is 36.4 Å². The smallest absolute Gasteiger partial charge is 0.267 e. The molecule has 0 bridgehead atoms. The summed E-state index contributed by atoms with van der Waals surface area (Å²) in [6.07, 6.45) is -0.586. The molecule has 1 unspecified atom stereocenters. The van der Waals surface area contributed by atoms with Crippen molar-refractivity contribution in [3.05, 3.63) is 83.9 Å². The lowest BCUT2D eigenvalue weighted by Crippen LogP contribution is -2.46. The van der Waals surface area contributed by atoms with Crippen molar-refractivity contribution >= 4 is 23.2 Å². The molecule has 3 aromatic rings. The van der Waals surface area contributed by atoms with Crippen molar-refractivity contribution in [2.45, 2.75) is 20.0 Å². The van der Waals surface area contributed by atoms with E-state index in [1.165, 1.54) is 0 Å². The van der Waals surface area contributed by atoms with E-state index in [4.69, 9.17) is 9.47 Å². The van der Waals surface area contributed by atoms with Crippen LogP contribution in [0.2, 0.25) is 0 Å². The molecule has 1 heterocycles. The summed E-state index contributed by atoms with van der Waals surface area (Å²) in [5.41, 5.74) is 2.70. The number of hydrogen-bond acceptors (Lipinski definition) is 4. The summed E-state index contributed by atoms with van der Waals surface area (Å²) in [5.74, 6) is 0.997. The molecule has 2 amide bonds. The maximum atomic E-state index is 12.8. The van der Waals surface area contributed by atoms with Crippen LogP contribution in [0.4, 0.5) is 11.4 Å². The Kier molecular flexibility index (Phi) is 5.89. The number of carbonyl (C=O) groups excluding carboxylic acids is 2. The average molecular weight is 416 g/mol. The van der Waals surface area contributed by atoms with Gasteiger partial charge in [0.05, 0.1) is 12.2 Å². The van der Waals surface area contributed by atoms with Crippen molar-refractivity contribution in [2.75, 3.05) is 23.4 Å². The van der Waals surface area contributed by atoms with Crippen LogP contribution < -0.4 is 19.7 Å². The van der Waals surface area contributed by atoms with Crippen molar-refractivity contribution in [3.8, 4) is 11.5 Å². The predicted octanol–water partition coefficient (Wildman–Crippen LogP) is 4.44. The Labute approximate surface area is 181 Å². The molecular formula is C25H24N2O4.